The Morgan fingerprint density at radius 2 is 1.93 bits per heavy atom. The molecule has 3 heterocycles. The third kappa shape index (κ3) is 3.74. The molecule has 1 saturated heterocycles. The van der Waals surface area contributed by atoms with Gasteiger partial charge in [-0.2, -0.15) is 0 Å². The molecule has 0 saturated carbocycles. The first kappa shape index (κ1) is 17.7. The molecule has 1 fully saturated rings. The molecule has 1 aromatic carbocycles. The monoisotopic (exact) mass is 363 g/mol. The predicted octanol–water partition coefficient (Wildman–Crippen LogP) is 3.80. The summed E-state index contributed by atoms with van der Waals surface area (Å²) in [6, 6.07) is 16.7. The van der Waals surface area contributed by atoms with Gasteiger partial charge in [-0.05, 0) is 57.1 Å². The largest absolute Gasteiger partial charge is 0.466 e. The van der Waals surface area contributed by atoms with Crippen molar-refractivity contribution < 1.29 is 9.53 Å². The predicted molar refractivity (Wildman–Crippen MR) is 106 cm³/mol. The highest BCUT2D eigenvalue weighted by Gasteiger charge is 2.26. The normalized spacial score (nSPS) is 15.9. The molecule has 5 heteroatoms. The number of benzene rings is 1. The SMILES string of the molecule is CCOC(=O)C1CCN(Cc2cc3ccccc3n2-c2ccccn2)CC1. The highest BCUT2D eigenvalue weighted by atomic mass is 16.5. The second-order valence-electron chi connectivity index (χ2n) is 7.02. The molecule has 140 valence electrons. The maximum atomic E-state index is 12.0. The van der Waals surface area contributed by atoms with Crippen molar-refractivity contribution in [3.05, 3.63) is 60.4 Å². The number of fused-ring (bicyclic) bond motifs is 1. The average Bonchev–Trinajstić information content (AvgIpc) is 3.07. The summed E-state index contributed by atoms with van der Waals surface area (Å²) in [5.41, 5.74) is 2.40. The lowest BCUT2D eigenvalue weighted by Crippen LogP contribution is -2.36. The number of hydrogen-bond donors (Lipinski definition) is 0. The number of aromatic nitrogens is 2. The van der Waals surface area contributed by atoms with E-state index in [1.165, 1.54) is 16.6 Å². The van der Waals surface area contributed by atoms with E-state index in [9.17, 15) is 4.79 Å². The molecule has 4 rings (SSSR count). The van der Waals surface area contributed by atoms with E-state index in [2.05, 4.69) is 44.8 Å². The number of likely N-dealkylation sites (tertiary alicyclic amines) is 1. The average molecular weight is 363 g/mol. The number of pyridine rings is 1. The van der Waals surface area contributed by atoms with Gasteiger partial charge in [-0.25, -0.2) is 4.98 Å². The van der Waals surface area contributed by atoms with Crippen molar-refractivity contribution >= 4 is 16.9 Å². The van der Waals surface area contributed by atoms with Gasteiger partial charge in [0, 0.05) is 23.8 Å². The van der Waals surface area contributed by atoms with Crippen LogP contribution in [0.1, 0.15) is 25.5 Å². The molecule has 0 unspecified atom stereocenters. The quantitative estimate of drug-likeness (QED) is 0.647. The van der Waals surface area contributed by atoms with Crippen molar-refractivity contribution in [1.82, 2.24) is 14.5 Å². The second-order valence-corrected chi connectivity index (χ2v) is 7.02. The highest BCUT2D eigenvalue weighted by Crippen LogP contribution is 2.26. The van der Waals surface area contributed by atoms with Gasteiger partial charge in [-0.15, -0.1) is 0 Å². The van der Waals surface area contributed by atoms with Gasteiger partial charge < -0.3 is 4.74 Å². The van der Waals surface area contributed by atoms with E-state index >= 15 is 0 Å². The van der Waals surface area contributed by atoms with Crippen molar-refractivity contribution in [3.8, 4) is 5.82 Å². The van der Waals surface area contributed by atoms with Gasteiger partial charge in [0.05, 0.1) is 18.0 Å². The topological polar surface area (TPSA) is 47.4 Å². The van der Waals surface area contributed by atoms with E-state index in [1.807, 2.05) is 31.3 Å². The molecule has 0 atom stereocenters. The standard InChI is InChI=1S/C22H25N3O2/c1-2-27-22(26)17-10-13-24(14-11-17)16-19-15-18-7-3-4-8-20(18)25(19)21-9-5-6-12-23-21/h3-9,12,15,17H,2,10-11,13-14,16H2,1H3. The van der Waals surface area contributed by atoms with Crippen LogP contribution in [-0.2, 0) is 16.1 Å². The number of carbonyl (C=O) groups is 1. The van der Waals surface area contributed by atoms with E-state index in [0.29, 0.717) is 6.61 Å². The number of ether oxygens (including phenoxy) is 1. The van der Waals surface area contributed by atoms with Crippen LogP contribution in [-0.4, -0.2) is 40.1 Å². The Hall–Kier alpha value is -2.66. The van der Waals surface area contributed by atoms with Gasteiger partial charge in [-0.3, -0.25) is 14.3 Å². The second kappa shape index (κ2) is 7.92. The van der Waals surface area contributed by atoms with Crippen molar-refractivity contribution in [3.63, 3.8) is 0 Å². The molecule has 1 aliphatic rings. The Kier molecular flexibility index (Phi) is 5.21. The first-order valence-corrected chi connectivity index (χ1v) is 9.66. The molecular weight excluding hydrogens is 338 g/mol. The molecule has 0 aliphatic carbocycles. The van der Waals surface area contributed by atoms with Crippen LogP contribution in [0.25, 0.3) is 16.7 Å². The number of para-hydroxylation sites is 1. The van der Waals surface area contributed by atoms with Gasteiger partial charge in [0.25, 0.3) is 0 Å². The minimum atomic E-state index is -0.0419. The minimum absolute atomic E-state index is 0.0419. The molecule has 5 nitrogen and oxygen atoms in total. The van der Waals surface area contributed by atoms with E-state index in [4.69, 9.17) is 4.74 Å². The molecule has 27 heavy (non-hydrogen) atoms. The van der Waals surface area contributed by atoms with Crippen LogP contribution in [0.4, 0.5) is 0 Å². The fourth-order valence-corrected chi connectivity index (χ4v) is 3.90. The van der Waals surface area contributed by atoms with Crippen LogP contribution in [0.2, 0.25) is 0 Å². The number of hydrogen-bond acceptors (Lipinski definition) is 4. The van der Waals surface area contributed by atoms with Crippen LogP contribution in [0.5, 0.6) is 0 Å². The van der Waals surface area contributed by atoms with E-state index in [1.54, 1.807) is 0 Å². The van der Waals surface area contributed by atoms with Crippen molar-refractivity contribution in [2.75, 3.05) is 19.7 Å². The molecule has 2 aromatic heterocycles. The summed E-state index contributed by atoms with van der Waals surface area (Å²) >= 11 is 0. The lowest BCUT2D eigenvalue weighted by molar-refractivity contribution is -0.149. The summed E-state index contributed by atoms with van der Waals surface area (Å²) in [6.07, 6.45) is 3.56. The maximum Gasteiger partial charge on any atom is 0.309 e. The van der Waals surface area contributed by atoms with Gasteiger partial charge >= 0.3 is 5.97 Å². The molecule has 3 aromatic rings. The maximum absolute atomic E-state index is 12.0. The van der Waals surface area contributed by atoms with Crippen LogP contribution < -0.4 is 0 Å². The van der Waals surface area contributed by atoms with Crippen LogP contribution in [0.3, 0.4) is 0 Å². The zero-order valence-corrected chi connectivity index (χ0v) is 15.7. The van der Waals surface area contributed by atoms with Gasteiger partial charge in [0.15, 0.2) is 0 Å². The van der Waals surface area contributed by atoms with Gasteiger partial charge in [0.2, 0.25) is 0 Å². The van der Waals surface area contributed by atoms with E-state index < -0.39 is 0 Å². The smallest absolute Gasteiger partial charge is 0.309 e. The Balaban J connectivity index is 1.56. The molecule has 0 radical (unpaired) electrons. The first-order valence-electron chi connectivity index (χ1n) is 9.66. The zero-order valence-electron chi connectivity index (χ0n) is 15.7. The van der Waals surface area contributed by atoms with Crippen molar-refractivity contribution in [2.45, 2.75) is 26.3 Å². The number of nitrogens with zero attached hydrogens (tertiary/aromatic N) is 3. The van der Waals surface area contributed by atoms with Crippen LogP contribution in [0, 0.1) is 5.92 Å². The Morgan fingerprint density at radius 3 is 2.67 bits per heavy atom. The Bertz CT molecular complexity index is 912. The van der Waals surface area contributed by atoms with Crippen molar-refractivity contribution in [2.24, 2.45) is 5.92 Å². The Morgan fingerprint density at radius 1 is 1.15 bits per heavy atom. The van der Waals surface area contributed by atoms with Crippen LogP contribution in [0.15, 0.2) is 54.7 Å². The summed E-state index contributed by atoms with van der Waals surface area (Å²) in [7, 11) is 0. The molecule has 0 bridgehead atoms. The summed E-state index contributed by atoms with van der Waals surface area (Å²) in [6.45, 7) is 4.99. The van der Waals surface area contributed by atoms with Gasteiger partial charge in [0.1, 0.15) is 5.82 Å². The number of rotatable bonds is 5. The number of piperidine rings is 1. The fraction of sp³-hybridized carbons (Fsp3) is 0.364. The summed E-state index contributed by atoms with van der Waals surface area (Å²) in [4.78, 5) is 19.0. The molecule has 0 amide bonds. The van der Waals surface area contributed by atoms with Crippen molar-refractivity contribution in [1.29, 1.82) is 0 Å². The lowest BCUT2D eigenvalue weighted by atomic mass is 9.97. The lowest BCUT2D eigenvalue weighted by Gasteiger charge is -2.31. The molecule has 0 N–H and O–H groups in total. The number of esters is 1. The summed E-state index contributed by atoms with van der Waals surface area (Å²) in [5, 5.41) is 1.22. The minimum Gasteiger partial charge on any atom is -0.466 e. The third-order valence-electron chi connectivity index (χ3n) is 5.26. The summed E-state index contributed by atoms with van der Waals surface area (Å²) < 4.78 is 7.42. The van der Waals surface area contributed by atoms with E-state index in [-0.39, 0.29) is 11.9 Å². The molecular formula is C22H25N3O2. The van der Waals surface area contributed by atoms with Gasteiger partial charge in [-0.1, -0.05) is 24.3 Å². The Labute approximate surface area is 159 Å². The number of carbonyl (C=O) groups excluding carboxylic acids is 1. The molecule has 1 aliphatic heterocycles. The molecule has 0 spiro atoms. The van der Waals surface area contributed by atoms with E-state index in [0.717, 1.165) is 38.3 Å². The third-order valence-corrected chi connectivity index (χ3v) is 5.26. The zero-order chi connectivity index (χ0) is 18.6. The first-order chi connectivity index (χ1) is 13.3. The van der Waals surface area contributed by atoms with Crippen LogP contribution >= 0.6 is 0 Å². The summed E-state index contributed by atoms with van der Waals surface area (Å²) in [5.74, 6) is 0.942. The highest BCUT2D eigenvalue weighted by molar-refractivity contribution is 5.83. The fourth-order valence-electron chi connectivity index (χ4n) is 3.90.